The number of aryl methyl sites for hydroxylation is 3. The summed E-state index contributed by atoms with van der Waals surface area (Å²) < 4.78 is 28.8. The third kappa shape index (κ3) is 4.18. The van der Waals surface area contributed by atoms with Gasteiger partial charge in [0.2, 0.25) is 0 Å². The molecule has 2 nitrogen and oxygen atoms in total. The van der Waals surface area contributed by atoms with Gasteiger partial charge in [-0.3, -0.25) is 0 Å². The molecule has 2 rings (SSSR count). The van der Waals surface area contributed by atoms with E-state index in [2.05, 4.69) is 43.0 Å². The summed E-state index contributed by atoms with van der Waals surface area (Å²) in [7, 11) is 0. The van der Waals surface area contributed by atoms with E-state index >= 15 is 0 Å². The van der Waals surface area contributed by atoms with E-state index in [9.17, 15) is 8.78 Å². The predicted octanol–water partition coefficient (Wildman–Crippen LogP) is 4.83. The molecule has 0 fully saturated rings. The van der Waals surface area contributed by atoms with Crippen LogP contribution in [0.15, 0.2) is 36.4 Å². The lowest BCUT2D eigenvalue weighted by atomic mass is 10.00. The molecule has 0 radical (unpaired) electrons. The molecule has 0 aliphatic carbocycles. The number of ether oxygens (including phenoxy) is 1. The lowest BCUT2D eigenvalue weighted by molar-refractivity contribution is -0.0498. The number of nitrogens with one attached hydrogen (secondary N) is 1. The topological polar surface area (TPSA) is 21.3 Å². The number of hydrogen-bond donors (Lipinski definition) is 1. The Labute approximate surface area is 123 Å². The smallest absolute Gasteiger partial charge is 0.387 e. The summed E-state index contributed by atoms with van der Waals surface area (Å²) in [5.41, 5.74) is 5.66. The van der Waals surface area contributed by atoms with Crippen LogP contribution in [0.25, 0.3) is 0 Å². The Morgan fingerprint density at radius 1 is 1.05 bits per heavy atom. The lowest BCUT2D eigenvalue weighted by Crippen LogP contribution is -2.05. The maximum Gasteiger partial charge on any atom is 0.387 e. The molecule has 4 heteroatoms. The molecule has 0 spiro atoms. The first-order chi connectivity index (χ1) is 9.95. The van der Waals surface area contributed by atoms with E-state index < -0.39 is 6.61 Å². The van der Waals surface area contributed by atoms with Gasteiger partial charge in [0.05, 0.1) is 0 Å². The van der Waals surface area contributed by atoms with Crippen LogP contribution in [0.1, 0.15) is 22.3 Å². The van der Waals surface area contributed by atoms with Crippen molar-refractivity contribution in [3.05, 3.63) is 58.7 Å². The number of rotatable bonds is 5. The largest absolute Gasteiger partial charge is 0.435 e. The van der Waals surface area contributed by atoms with Crippen LogP contribution in [-0.4, -0.2) is 6.61 Å². The van der Waals surface area contributed by atoms with Gasteiger partial charge >= 0.3 is 6.61 Å². The summed E-state index contributed by atoms with van der Waals surface area (Å²) >= 11 is 0. The van der Waals surface area contributed by atoms with E-state index in [1.807, 2.05) is 6.07 Å². The van der Waals surface area contributed by atoms with Gasteiger partial charge in [-0.1, -0.05) is 23.8 Å². The first-order valence-electron chi connectivity index (χ1n) is 6.81. The minimum Gasteiger partial charge on any atom is -0.435 e. The van der Waals surface area contributed by atoms with Gasteiger partial charge in [0.25, 0.3) is 0 Å². The Morgan fingerprint density at radius 3 is 2.33 bits per heavy atom. The highest BCUT2D eigenvalue weighted by Gasteiger charge is 2.06. The SMILES string of the molecule is Cc1cc(C)c(CNc2cccc(OC(F)F)c2)c(C)c1. The van der Waals surface area contributed by atoms with Crippen LogP contribution in [0.5, 0.6) is 5.75 Å². The second-order valence-electron chi connectivity index (χ2n) is 5.14. The van der Waals surface area contributed by atoms with Gasteiger partial charge in [-0.2, -0.15) is 8.78 Å². The van der Waals surface area contributed by atoms with Crippen molar-refractivity contribution in [2.45, 2.75) is 33.9 Å². The summed E-state index contributed by atoms with van der Waals surface area (Å²) in [6.45, 7) is 4.07. The monoisotopic (exact) mass is 291 g/mol. The molecule has 112 valence electrons. The van der Waals surface area contributed by atoms with Gasteiger partial charge < -0.3 is 10.1 Å². The Hall–Kier alpha value is -2.10. The molecule has 2 aromatic carbocycles. The summed E-state index contributed by atoms with van der Waals surface area (Å²) in [5.74, 6) is 0.160. The molecule has 2 aromatic rings. The van der Waals surface area contributed by atoms with E-state index in [1.54, 1.807) is 12.1 Å². The summed E-state index contributed by atoms with van der Waals surface area (Å²) in [5, 5.41) is 3.25. The molecule has 0 amide bonds. The molecule has 21 heavy (non-hydrogen) atoms. The molecule has 0 bridgehead atoms. The highest BCUT2D eigenvalue weighted by atomic mass is 19.3. The minimum atomic E-state index is -2.80. The molecular weight excluding hydrogens is 272 g/mol. The number of halogens is 2. The molecule has 0 aromatic heterocycles. The number of anilines is 1. The maximum atomic E-state index is 12.2. The molecule has 0 aliphatic heterocycles. The van der Waals surface area contributed by atoms with Gasteiger partial charge in [0.1, 0.15) is 5.75 Å². The fourth-order valence-corrected chi connectivity index (χ4v) is 2.46. The first-order valence-corrected chi connectivity index (χ1v) is 6.81. The van der Waals surface area contributed by atoms with E-state index in [-0.39, 0.29) is 5.75 Å². The van der Waals surface area contributed by atoms with Crippen LogP contribution in [0.3, 0.4) is 0 Å². The van der Waals surface area contributed by atoms with Crippen LogP contribution in [0.4, 0.5) is 14.5 Å². The molecule has 0 saturated heterocycles. The van der Waals surface area contributed by atoms with Crippen LogP contribution in [-0.2, 0) is 6.54 Å². The van der Waals surface area contributed by atoms with Gasteiger partial charge in [-0.25, -0.2) is 0 Å². The molecule has 1 N–H and O–H groups in total. The van der Waals surface area contributed by atoms with Crippen LogP contribution >= 0.6 is 0 Å². The van der Waals surface area contributed by atoms with Crippen molar-refractivity contribution in [3.63, 3.8) is 0 Å². The van der Waals surface area contributed by atoms with E-state index in [1.165, 1.54) is 28.3 Å². The van der Waals surface area contributed by atoms with Crippen LogP contribution in [0, 0.1) is 20.8 Å². The van der Waals surface area contributed by atoms with Crippen molar-refractivity contribution < 1.29 is 13.5 Å². The molecule has 0 atom stereocenters. The van der Waals surface area contributed by atoms with Gasteiger partial charge in [0, 0.05) is 18.3 Å². The lowest BCUT2D eigenvalue weighted by Gasteiger charge is -2.14. The van der Waals surface area contributed by atoms with Gasteiger partial charge in [0.15, 0.2) is 0 Å². The second kappa shape index (κ2) is 6.57. The minimum absolute atomic E-state index is 0.160. The fraction of sp³-hybridized carbons (Fsp3) is 0.294. The Kier molecular flexibility index (Phi) is 4.78. The molecule has 0 heterocycles. The van der Waals surface area contributed by atoms with E-state index in [0.29, 0.717) is 6.54 Å². The Bertz CT molecular complexity index is 603. The molecule has 0 unspecified atom stereocenters. The highest BCUT2D eigenvalue weighted by molar-refractivity contribution is 5.49. The summed E-state index contributed by atoms with van der Waals surface area (Å²) in [6, 6.07) is 10.9. The van der Waals surface area contributed by atoms with Crippen molar-refractivity contribution in [3.8, 4) is 5.75 Å². The van der Waals surface area contributed by atoms with Gasteiger partial charge in [-0.05, 0) is 49.6 Å². The maximum absolute atomic E-state index is 12.2. The Morgan fingerprint density at radius 2 is 1.71 bits per heavy atom. The molecule has 0 saturated carbocycles. The highest BCUT2D eigenvalue weighted by Crippen LogP contribution is 2.22. The normalized spacial score (nSPS) is 10.8. The molecule has 0 aliphatic rings. The average molecular weight is 291 g/mol. The first kappa shape index (κ1) is 15.3. The fourth-order valence-electron chi connectivity index (χ4n) is 2.46. The predicted molar refractivity (Wildman–Crippen MR) is 81.1 cm³/mol. The van der Waals surface area contributed by atoms with E-state index in [0.717, 1.165) is 5.69 Å². The van der Waals surface area contributed by atoms with Crippen molar-refractivity contribution >= 4 is 5.69 Å². The van der Waals surface area contributed by atoms with E-state index in [4.69, 9.17) is 0 Å². The standard InChI is InChI=1S/C17H19F2NO/c1-11-7-12(2)16(13(3)8-11)10-20-14-5-4-6-15(9-14)21-17(18)19/h4-9,17,20H,10H2,1-3H3. The van der Waals surface area contributed by atoms with Crippen molar-refractivity contribution in [1.82, 2.24) is 0 Å². The Balaban J connectivity index is 2.10. The average Bonchev–Trinajstić information content (AvgIpc) is 2.37. The van der Waals surface area contributed by atoms with Crippen LogP contribution < -0.4 is 10.1 Å². The number of hydrogen-bond acceptors (Lipinski definition) is 2. The zero-order valence-electron chi connectivity index (χ0n) is 12.4. The van der Waals surface area contributed by atoms with Gasteiger partial charge in [-0.15, -0.1) is 0 Å². The third-order valence-electron chi connectivity index (χ3n) is 3.37. The molecular formula is C17H19F2NO. The zero-order chi connectivity index (χ0) is 15.4. The van der Waals surface area contributed by atoms with Crippen molar-refractivity contribution in [2.75, 3.05) is 5.32 Å². The van der Waals surface area contributed by atoms with Crippen molar-refractivity contribution in [2.24, 2.45) is 0 Å². The summed E-state index contributed by atoms with van der Waals surface area (Å²) in [4.78, 5) is 0. The third-order valence-corrected chi connectivity index (χ3v) is 3.37. The van der Waals surface area contributed by atoms with Crippen LogP contribution in [0.2, 0.25) is 0 Å². The number of alkyl halides is 2. The zero-order valence-corrected chi connectivity index (χ0v) is 12.4. The quantitative estimate of drug-likeness (QED) is 0.852. The van der Waals surface area contributed by atoms with Crippen molar-refractivity contribution in [1.29, 1.82) is 0 Å². The summed E-state index contributed by atoms with van der Waals surface area (Å²) in [6.07, 6.45) is 0. The second-order valence-corrected chi connectivity index (χ2v) is 5.14. The number of benzene rings is 2.